The highest BCUT2D eigenvalue weighted by Crippen LogP contribution is 2.42. The summed E-state index contributed by atoms with van der Waals surface area (Å²) in [5, 5.41) is 3.56. The van der Waals surface area contributed by atoms with Gasteiger partial charge < -0.3 is 5.32 Å². The van der Waals surface area contributed by atoms with Gasteiger partial charge in [0.2, 0.25) is 0 Å². The summed E-state index contributed by atoms with van der Waals surface area (Å²) in [6.07, 6.45) is 2.31. The average Bonchev–Trinajstić information content (AvgIpc) is 3.03. The Bertz CT molecular complexity index is 478. The summed E-state index contributed by atoms with van der Waals surface area (Å²) in [6, 6.07) is 21.1. The molecule has 19 heavy (non-hydrogen) atoms. The van der Waals surface area contributed by atoms with Gasteiger partial charge in [-0.1, -0.05) is 60.7 Å². The Morgan fingerprint density at radius 1 is 0.895 bits per heavy atom. The molecular weight excluding hydrogens is 254 g/mol. The summed E-state index contributed by atoms with van der Waals surface area (Å²) >= 11 is 7.13. The summed E-state index contributed by atoms with van der Waals surface area (Å²) in [5.74, 6) is 0. The van der Waals surface area contributed by atoms with Crippen molar-refractivity contribution in [2.45, 2.75) is 23.8 Å². The molecule has 98 valence electrons. The van der Waals surface area contributed by atoms with E-state index >= 15 is 0 Å². The maximum absolute atomic E-state index is 7.13. The average molecular weight is 272 g/mol. The first-order valence-electron chi connectivity index (χ1n) is 6.85. The normalized spacial score (nSPS) is 19.5. The molecule has 2 aromatic rings. The van der Waals surface area contributed by atoms with Crippen LogP contribution < -0.4 is 5.32 Å². The lowest BCUT2D eigenvalue weighted by molar-refractivity contribution is 0.494. The van der Waals surface area contributed by atoms with Crippen molar-refractivity contribution in [3.8, 4) is 0 Å². The van der Waals surface area contributed by atoms with Crippen molar-refractivity contribution >= 4 is 11.6 Å². The summed E-state index contributed by atoms with van der Waals surface area (Å²) in [7, 11) is 0. The lowest BCUT2D eigenvalue weighted by atomic mass is 9.83. The SMILES string of the molecule is ClC(c1ccccc1)(c1ccccc1)C1CCCN1. The Hall–Kier alpha value is -1.31. The van der Waals surface area contributed by atoms with Crippen molar-refractivity contribution in [2.75, 3.05) is 6.54 Å². The third kappa shape index (κ3) is 2.29. The monoisotopic (exact) mass is 271 g/mol. The van der Waals surface area contributed by atoms with Gasteiger partial charge in [-0.15, -0.1) is 11.6 Å². The zero-order chi connectivity index (χ0) is 13.1. The van der Waals surface area contributed by atoms with Crippen LogP contribution in [0, 0.1) is 0 Å². The minimum atomic E-state index is -0.473. The fourth-order valence-electron chi connectivity index (χ4n) is 2.95. The first kappa shape index (κ1) is 12.7. The van der Waals surface area contributed by atoms with Crippen LogP contribution >= 0.6 is 11.6 Å². The molecule has 0 radical (unpaired) electrons. The van der Waals surface area contributed by atoms with Crippen LogP contribution in [0.15, 0.2) is 60.7 Å². The summed E-state index contributed by atoms with van der Waals surface area (Å²) in [4.78, 5) is -0.473. The third-order valence-corrected chi connectivity index (χ3v) is 4.63. The Balaban J connectivity index is 2.10. The highest BCUT2D eigenvalue weighted by molar-refractivity contribution is 6.26. The van der Waals surface area contributed by atoms with Gasteiger partial charge in [0.1, 0.15) is 4.87 Å². The number of hydrogen-bond donors (Lipinski definition) is 1. The van der Waals surface area contributed by atoms with Gasteiger partial charge in [-0.2, -0.15) is 0 Å². The van der Waals surface area contributed by atoms with Gasteiger partial charge >= 0.3 is 0 Å². The van der Waals surface area contributed by atoms with Gasteiger partial charge in [0.15, 0.2) is 0 Å². The van der Waals surface area contributed by atoms with E-state index in [4.69, 9.17) is 11.6 Å². The number of hydrogen-bond acceptors (Lipinski definition) is 1. The molecule has 0 spiro atoms. The Morgan fingerprint density at radius 3 is 1.84 bits per heavy atom. The number of rotatable bonds is 3. The van der Waals surface area contributed by atoms with Gasteiger partial charge in [-0.05, 0) is 30.5 Å². The summed E-state index contributed by atoms with van der Waals surface area (Å²) in [5.41, 5.74) is 2.34. The molecule has 0 amide bonds. The van der Waals surface area contributed by atoms with Crippen molar-refractivity contribution < 1.29 is 0 Å². The molecule has 0 aromatic heterocycles. The molecule has 0 bridgehead atoms. The predicted molar refractivity (Wildman–Crippen MR) is 80.5 cm³/mol. The predicted octanol–water partition coefficient (Wildman–Crippen LogP) is 3.92. The first-order valence-corrected chi connectivity index (χ1v) is 7.23. The smallest absolute Gasteiger partial charge is 0.110 e. The second kappa shape index (κ2) is 5.36. The van der Waals surface area contributed by atoms with E-state index in [1.165, 1.54) is 17.5 Å². The molecule has 2 aromatic carbocycles. The van der Waals surface area contributed by atoms with Crippen LogP contribution in [0.2, 0.25) is 0 Å². The molecule has 1 nitrogen and oxygen atoms in total. The van der Waals surface area contributed by atoms with Crippen molar-refractivity contribution in [3.63, 3.8) is 0 Å². The van der Waals surface area contributed by atoms with E-state index in [1.807, 2.05) is 12.1 Å². The van der Waals surface area contributed by atoms with Gasteiger partial charge in [0.25, 0.3) is 0 Å². The van der Waals surface area contributed by atoms with Gasteiger partial charge in [-0.3, -0.25) is 0 Å². The number of alkyl halides is 1. The maximum Gasteiger partial charge on any atom is 0.110 e. The van der Waals surface area contributed by atoms with Crippen molar-refractivity contribution in [3.05, 3.63) is 71.8 Å². The summed E-state index contributed by atoms with van der Waals surface area (Å²) in [6.45, 7) is 1.05. The third-order valence-electron chi connectivity index (χ3n) is 3.93. The van der Waals surface area contributed by atoms with E-state index in [2.05, 4.69) is 53.8 Å². The molecule has 1 aliphatic heterocycles. The zero-order valence-electron chi connectivity index (χ0n) is 10.9. The highest BCUT2D eigenvalue weighted by atomic mass is 35.5. The van der Waals surface area contributed by atoms with Crippen molar-refractivity contribution in [1.82, 2.24) is 5.32 Å². The van der Waals surface area contributed by atoms with Crippen LogP contribution in [0.1, 0.15) is 24.0 Å². The second-order valence-electron chi connectivity index (χ2n) is 5.09. The molecule has 1 fully saturated rings. The number of benzene rings is 2. The van der Waals surface area contributed by atoms with Gasteiger partial charge in [0.05, 0.1) is 0 Å². The van der Waals surface area contributed by atoms with Crippen LogP contribution in [0.5, 0.6) is 0 Å². The lowest BCUT2D eigenvalue weighted by Crippen LogP contribution is -2.42. The van der Waals surface area contributed by atoms with E-state index in [-0.39, 0.29) is 0 Å². The Morgan fingerprint density at radius 2 is 1.42 bits per heavy atom. The molecule has 1 aliphatic rings. The molecule has 3 rings (SSSR count). The Labute approximate surface area is 119 Å². The minimum Gasteiger partial charge on any atom is -0.312 e. The van der Waals surface area contributed by atoms with E-state index in [9.17, 15) is 0 Å². The molecule has 1 unspecified atom stereocenters. The number of halogens is 1. The zero-order valence-corrected chi connectivity index (χ0v) is 11.6. The largest absolute Gasteiger partial charge is 0.312 e. The molecule has 1 heterocycles. The second-order valence-corrected chi connectivity index (χ2v) is 5.69. The van der Waals surface area contributed by atoms with Crippen LogP contribution in [-0.2, 0) is 4.87 Å². The fraction of sp³-hybridized carbons (Fsp3) is 0.294. The van der Waals surface area contributed by atoms with Crippen LogP contribution in [0.3, 0.4) is 0 Å². The fourth-order valence-corrected chi connectivity index (χ4v) is 3.39. The van der Waals surface area contributed by atoms with E-state index in [0.717, 1.165) is 13.0 Å². The van der Waals surface area contributed by atoms with E-state index in [1.54, 1.807) is 0 Å². The van der Waals surface area contributed by atoms with Crippen LogP contribution in [0.4, 0.5) is 0 Å². The molecule has 1 N–H and O–H groups in total. The molecular formula is C17H18ClN. The van der Waals surface area contributed by atoms with Crippen LogP contribution in [-0.4, -0.2) is 12.6 Å². The highest BCUT2D eigenvalue weighted by Gasteiger charge is 2.41. The summed E-state index contributed by atoms with van der Waals surface area (Å²) < 4.78 is 0. The van der Waals surface area contributed by atoms with Crippen molar-refractivity contribution in [2.24, 2.45) is 0 Å². The maximum atomic E-state index is 7.13. The van der Waals surface area contributed by atoms with Crippen LogP contribution in [0.25, 0.3) is 0 Å². The molecule has 0 saturated carbocycles. The van der Waals surface area contributed by atoms with E-state index < -0.39 is 4.87 Å². The van der Waals surface area contributed by atoms with Gasteiger partial charge in [-0.25, -0.2) is 0 Å². The molecule has 1 atom stereocenters. The molecule has 0 aliphatic carbocycles. The molecule has 2 heteroatoms. The first-order chi connectivity index (χ1) is 9.32. The standard InChI is InChI=1S/C17H18ClN/c18-17(16-12-7-13-19-16,14-8-3-1-4-9-14)15-10-5-2-6-11-15/h1-6,8-11,16,19H,7,12-13H2. The Kier molecular flexibility index (Phi) is 3.58. The quantitative estimate of drug-likeness (QED) is 0.835. The topological polar surface area (TPSA) is 12.0 Å². The van der Waals surface area contributed by atoms with Gasteiger partial charge in [0, 0.05) is 6.04 Å². The van der Waals surface area contributed by atoms with Crippen molar-refractivity contribution in [1.29, 1.82) is 0 Å². The lowest BCUT2D eigenvalue weighted by Gasteiger charge is -2.34. The minimum absolute atomic E-state index is 0.291. The number of nitrogens with one attached hydrogen (secondary N) is 1. The molecule has 1 saturated heterocycles. The van der Waals surface area contributed by atoms with E-state index in [0.29, 0.717) is 6.04 Å².